The molecule has 1 aromatic carbocycles. The first kappa shape index (κ1) is 14.3. The lowest BCUT2D eigenvalue weighted by molar-refractivity contribution is 0.755. The van der Waals surface area contributed by atoms with Crippen molar-refractivity contribution in [2.24, 2.45) is 5.73 Å². The van der Waals surface area contributed by atoms with Crippen LogP contribution in [0.1, 0.15) is 11.3 Å². The molecule has 21 heavy (non-hydrogen) atoms. The number of nitrogens with zero attached hydrogens (tertiary/aromatic N) is 4. The molecule has 0 amide bonds. The average Bonchev–Trinajstić information content (AvgIpc) is 3.05. The molecule has 0 unspecified atom stereocenters. The number of rotatable bonds is 4. The zero-order chi connectivity index (χ0) is 14.8. The van der Waals surface area contributed by atoms with Crippen LogP contribution in [0.3, 0.4) is 0 Å². The highest BCUT2D eigenvalue weighted by molar-refractivity contribution is 14.1. The Bertz CT molecular complexity index is 745. The largest absolute Gasteiger partial charge is 0.330 e. The van der Waals surface area contributed by atoms with Gasteiger partial charge in [0.25, 0.3) is 0 Å². The van der Waals surface area contributed by atoms with Crippen LogP contribution in [0, 0.1) is 10.5 Å². The van der Waals surface area contributed by atoms with Crippen LogP contribution < -0.4 is 5.73 Å². The van der Waals surface area contributed by atoms with E-state index in [4.69, 9.17) is 5.73 Å². The van der Waals surface area contributed by atoms with Crippen LogP contribution in [0.15, 0.2) is 42.7 Å². The van der Waals surface area contributed by atoms with Crippen LogP contribution in [-0.2, 0) is 6.42 Å². The third-order valence-electron chi connectivity index (χ3n) is 3.32. The van der Waals surface area contributed by atoms with Crippen molar-refractivity contribution in [1.29, 1.82) is 0 Å². The number of hydrogen-bond acceptors (Lipinski definition) is 3. The van der Waals surface area contributed by atoms with E-state index in [1.54, 1.807) is 0 Å². The van der Waals surface area contributed by atoms with Gasteiger partial charge in [-0.2, -0.15) is 10.2 Å². The maximum absolute atomic E-state index is 5.76. The predicted octanol–water partition coefficient (Wildman–Crippen LogP) is 2.47. The number of hydrogen-bond donors (Lipinski definition) is 1. The molecule has 6 heteroatoms. The van der Waals surface area contributed by atoms with Gasteiger partial charge in [0.05, 0.1) is 21.1 Å². The molecule has 5 nitrogen and oxygen atoms in total. The van der Waals surface area contributed by atoms with Gasteiger partial charge in [0.2, 0.25) is 0 Å². The van der Waals surface area contributed by atoms with Crippen LogP contribution in [-0.4, -0.2) is 26.1 Å². The van der Waals surface area contributed by atoms with E-state index in [1.807, 2.05) is 59.0 Å². The summed E-state index contributed by atoms with van der Waals surface area (Å²) in [5, 5.41) is 9.12. The van der Waals surface area contributed by atoms with E-state index in [2.05, 4.69) is 32.8 Å². The zero-order valence-corrected chi connectivity index (χ0v) is 13.9. The summed E-state index contributed by atoms with van der Waals surface area (Å²) in [6.07, 6.45) is 4.62. The summed E-state index contributed by atoms with van der Waals surface area (Å²) in [7, 11) is 0. The average molecular weight is 393 g/mol. The van der Waals surface area contributed by atoms with E-state index >= 15 is 0 Å². The summed E-state index contributed by atoms with van der Waals surface area (Å²) >= 11 is 2.26. The molecule has 2 N–H and O–H groups in total. The summed E-state index contributed by atoms with van der Waals surface area (Å²) in [6.45, 7) is 2.61. The van der Waals surface area contributed by atoms with Crippen molar-refractivity contribution in [3.63, 3.8) is 0 Å². The molecule has 0 bridgehead atoms. The number of nitrogens with two attached hydrogens (primary N) is 1. The number of halogens is 1. The highest BCUT2D eigenvalue weighted by Gasteiger charge is 2.18. The third-order valence-corrected chi connectivity index (χ3v) is 3.88. The molecule has 0 radical (unpaired) electrons. The number of aromatic nitrogens is 4. The zero-order valence-electron chi connectivity index (χ0n) is 11.7. The van der Waals surface area contributed by atoms with Gasteiger partial charge in [-0.1, -0.05) is 18.2 Å². The molecule has 3 aromatic rings. The van der Waals surface area contributed by atoms with E-state index in [1.165, 1.54) is 0 Å². The Morgan fingerprint density at radius 2 is 2.00 bits per heavy atom. The molecular formula is C15H16IN5. The Labute approximate surface area is 136 Å². The van der Waals surface area contributed by atoms with Crippen LogP contribution in [0.2, 0.25) is 0 Å². The van der Waals surface area contributed by atoms with E-state index in [0.717, 1.165) is 32.8 Å². The van der Waals surface area contributed by atoms with Gasteiger partial charge in [-0.3, -0.25) is 0 Å². The summed E-state index contributed by atoms with van der Waals surface area (Å²) in [4.78, 5) is 0. The molecule has 0 aliphatic carbocycles. The first-order chi connectivity index (χ1) is 10.2. The van der Waals surface area contributed by atoms with E-state index in [9.17, 15) is 0 Å². The van der Waals surface area contributed by atoms with Gasteiger partial charge in [-0.15, -0.1) is 0 Å². The van der Waals surface area contributed by atoms with Crippen molar-refractivity contribution in [2.45, 2.75) is 13.3 Å². The lowest BCUT2D eigenvalue weighted by atomic mass is 10.2. The predicted molar refractivity (Wildman–Crippen MR) is 90.9 cm³/mol. The quantitative estimate of drug-likeness (QED) is 0.693. The second kappa shape index (κ2) is 5.98. The van der Waals surface area contributed by atoms with Gasteiger partial charge < -0.3 is 5.73 Å². The topological polar surface area (TPSA) is 61.7 Å². The fourth-order valence-corrected chi connectivity index (χ4v) is 2.77. The van der Waals surface area contributed by atoms with Gasteiger partial charge in [0, 0.05) is 11.8 Å². The Balaban J connectivity index is 2.23. The molecule has 0 fully saturated rings. The van der Waals surface area contributed by atoms with E-state index < -0.39 is 0 Å². The van der Waals surface area contributed by atoms with Crippen LogP contribution in [0.5, 0.6) is 0 Å². The normalized spacial score (nSPS) is 11.0. The minimum absolute atomic E-state index is 0.590. The first-order valence-corrected chi connectivity index (χ1v) is 7.83. The second-order valence-corrected chi connectivity index (χ2v) is 6.02. The third kappa shape index (κ3) is 2.73. The summed E-state index contributed by atoms with van der Waals surface area (Å²) in [5.41, 5.74) is 8.91. The molecule has 108 valence electrons. The SMILES string of the molecule is Cc1nn(-c2ccccc2)c(-n2cc(I)cn2)c1CCN. The fraction of sp³-hybridized carbons (Fsp3) is 0.200. The molecule has 0 spiro atoms. The minimum Gasteiger partial charge on any atom is -0.330 e. The van der Waals surface area contributed by atoms with Crippen LogP contribution in [0.25, 0.3) is 11.5 Å². The highest BCUT2D eigenvalue weighted by Crippen LogP contribution is 2.23. The molecule has 0 aliphatic heterocycles. The smallest absolute Gasteiger partial charge is 0.160 e. The Morgan fingerprint density at radius 1 is 1.24 bits per heavy atom. The Hall–Kier alpha value is -1.67. The lowest BCUT2D eigenvalue weighted by Gasteiger charge is -2.09. The molecule has 0 saturated carbocycles. The number of para-hydroxylation sites is 1. The maximum atomic E-state index is 5.76. The van der Waals surface area contributed by atoms with Crippen molar-refractivity contribution >= 4 is 22.6 Å². The molecule has 0 atom stereocenters. The molecular weight excluding hydrogens is 377 g/mol. The Kier molecular flexibility index (Phi) is 4.07. The van der Waals surface area contributed by atoms with Crippen molar-refractivity contribution in [2.75, 3.05) is 6.54 Å². The van der Waals surface area contributed by atoms with E-state index in [-0.39, 0.29) is 0 Å². The minimum atomic E-state index is 0.590. The molecule has 0 aliphatic rings. The summed E-state index contributed by atoms with van der Waals surface area (Å²) in [5.74, 6) is 0.965. The van der Waals surface area contributed by atoms with Gasteiger partial charge in [0.1, 0.15) is 0 Å². The summed E-state index contributed by atoms with van der Waals surface area (Å²) in [6, 6.07) is 10.1. The second-order valence-electron chi connectivity index (χ2n) is 4.78. The maximum Gasteiger partial charge on any atom is 0.160 e. The number of aryl methyl sites for hydroxylation is 1. The first-order valence-electron chi connectivity index (χ1n) is 6.75. The van der Waals surface area contributed by atoms with Gasteiger partial charge >= 0.3 is 0 Å². The standard InChI is InChI=1S/C15H16IN5/c1-11-14(7-8-17)15(20-10-12(16)9-18-20)21(19-11)13-5-3-2-4-6-13/h2-6,9-10H,7-8,17H2,1H3. The highest BCUT2D eigenvalue weighted by atomic mass is 127. The van der Waals surface area contributed by atoms with E-state index in [0.29, 0.717) is 6.54 Å². The van der Waals surface area contributed by atoms with Crippen LogP contribution >= 0.6 is 22.6 Å². The monoisotopic (exact) mass is 393 g/mol. The molecule has 0 saturated heterocycles. The van der Waals surface area contributed by atoms with Gasteiger partial charge in [-0.25, -0.2) is 9.36 Å². The summed E-state index contributed by atoms with van der Waals surface area (Å²) < 4.78 is 4.90. The lowest BCUT2D eigenvalue weighted by Crippen LogP contribution is -2.10. The van der Waals surface area contributed by atoms with Crippen molar-refractivity contribution in [3.05, 3.63) is 57.6 Å². The molecule has 2 aromatic heterocycles. The fourth-order valence-electron chi connectivity index (χ4n) is 2.39. The van der Waals surface area contributed by atoms with Gasteiger partial charge in [-0.05, 0) is 54.6 Å². The van der Waals surface area contributed by atoms with Crippen LogP contribution in [0.4, 0.5) is 0 Å². The molecule has 3 rings (SSSR count). The Morgan fingerprint density at radius 3 is 2.62 bits per heavy atom. The molecule has 2 heterocycles. The number of benzene rings is 1. The van der Waals surface area contributed by atoms with Crippen molar-refractivity contribution in [1.82, 2.24) is 19.6 Å². The van der Waals surface area contributed by atoms with Crippen molar-refractivity contribution < 1.29 is 0 Å². The van der Waals surface area contributed by atoms with Crippen molar-refractivity contribution in [3.8, 4) is 11.5 Å². The van der Waals surface area contributed by atoms with Gasteiger partial charge in [0.15, 0.2) is 5.82 Å².